The van der Waals surface area contributed by atoms with E-state index in [1.165, 1.54) is 12.4 Å². The van der Waals surface area contributed by atoms with Gasteiger partial charge in [-0.1, -0.05) is 0 Å². The second-order valence-electron chi connectivity index (χ2n) is 4.68. The summed E-state index contributed by atoms with van der Waals surface area (Å²) in [4.78, 5) is 24.8. The lowest BCUT2D eigenvalue weighted by Crippen LogP contribution is -2.48. The van der Waals surface area contributed by atoms with E-state index in [0.29, 0.717) is 24.9 Å². The number of hydrogen-bond acceptors (Lipinski definition) is 3. The topological polar surface area (TPSA) is 86.3 Å². The molecule has 1 atom stereocenters. The fourth-order valence-corrected chi connectivity index (χ4v) is 2.14. The highest BCUT2D eigenvalue weighted by Crippen LogP contribution is 2.30. The second kappa shape index (κ2) is 4.20. The maximum absolute atomic E-state index is 12.0. The number of likely N-dealkylation sites (tertiary alicyclic amines) is 1. The summed E-state index contributed by atoms with van der Waals surface area (Å²) in [5.74, 6) is -1.01. The summed E-state index contributed by atoms with van der Waals surface area (Å²) >= 11 is 0. The van der Waals surface area contributed by atoms with Crippen molar-refractivity contribution in [2.45, 2.75) is 19.8 Å². The summed E-state index contributed by atoms with van der Waals surface area (Å²) < 4.78 is 0. The van der Waals surface area contributed by atoms with Crippen molar-refractivity contribution in [1.82, 2.24) is 15.1 Å². The largest absolute Gasteiger partial charge is 0.481 e. The van der Waals surface area contributed by atoms with Crippen LogP contribution in [0.3, 0.4) is 0 Å². The Labute approximate surface area is 98.6 Å². The molecule has 1 aromatic rings. The molecule has 0 bridgehead atoms. The van der Waals surface area contributed by atoms with Gasteiger partial charge in [-0.2, -0.15) is 5.10 Å². The van der Waals surface area contributed by atoms with Crippen molar-refractivity contribution >= 4 is 11.9 Å². The number of aromatic amines is 1. The van der Waals surface area contributed by atoms with Crippen molar-refractivity contribution in [2.24, 2.45) is 5.41 Å². The molecule has 0 aromatic carbocycles. The lowest BCUT2D eigenvalue weighted by atomic mass is 9.82. The quantitative estimate of drug-likeness (QED) is 0.794. The van der Waals surface area contributed by atoms with Crippen LogP contribution >= 0.6 is 0 Å². The van der Waals surface area contributed by atoms with Crippen LogP contribution in [0.1, 0.15) is 30.1 Å². The Morgan fingerprint density at radius 2 is 2.35 bits per heavy atom. The van der Waals surface area contributed by atoms with Gasteiger partial charge in [0.1, 0.15) is 0 Å². The van der Waals surface area contributed by atoms with Crippen LogP contribution in [-0.4, -0.2) is 45.2 Å². The molecule has 6 nitrogen and oxygen atoms in total. The average Bonchev–Trinajstić information content (AvgIpc) is 2.81. The van der Waals surface area contributed by atoms with E-state index < -0.39 is 11.4 Å². The molecule has 17 heavy (non-hydrogen) atoms. The minimum Gasteiger partial charge on any atom is -0.481 e. The second-order valence-corrected chi connectivity index (χ2v) is 4.68. The Kier molecular flexibility index (Phi) is 2.87. The Bertz CT molecular complexity index is 429. The predicted octanol–water partition coefficient (Wildman–Crippen LogP) is 0.737. The molecule has 1 fully saturated rings. The normalized spacial score (nSPS) is 24.6. The van der Waals surface area contributed by atoms with Crippen LogP contribution in [0, 0.1) is 5.41 Å². The summed E-state index contributed by atoms with van der Waals surface area (Å²) in [6, 6.07) is 0. The fourth-order valence-electron chi connectivity index (χ4n) is 2.14. The van der Waals surface area contributed by atoms with Gasteiger partial charge in [0.05, 0.1) is 17.2 Å². The van der Waals surface area contributed by atoms with Crippen LogP contribution in [0.25, 0.3) is 0 Å². The Hall–Kier alpha value is -1.85. The fraction of sp³-hybridized carbons (Fsp3) is 0.545. The first-order valence-electron chi connectivity index (χ1n) is 5.54. The molecule has 0 aliphatic carbocycles. The molecule has 6 heteroatoms. The number of carbonyl (C=O) groups is 2. The number of H-pyrrole nitrogens is 1. The zero-order valence-corrected chi connectivity index (χ0v) is 9.64. The van der Waals surface area contributed by atoms with E-state index in [4.69, 9.17) is 0 Å². The minimum atomic E-state index is -0.845. The number of aromatic nitrogens is 2. The van der Waals surface area contributed by atoms with E-state index in [0.717, 1.165) is 0 Å². The average molecular weight is 237 g/mol. The van der Waals surface area contributed by atoms with Gasteiger partial charge in [-0.25, -0.2) is 0 Å². The van der Waals surface area contributed by atoms with E-state index in [1.54, 1.807) is 11.8 Å². The summed E-state index contributed by atoms with van der Waals surface area (Å²) in [6.45, 7) is 2.55. The van der Waals surface area contributed by atoms with Crippen LogP contribution in [0.4, 0.5) is 0 Å². The molecule has 1 aromatic heterocycles. The molecular formula is C11H15N3O3. The minimum absolute atomic E-state index is 0.161. The molecule has 2 rings (SSSR count). The van der Waals surface area contributed by atoms with Gasteiger partial charge in [-0.3, -0.25) is 14.7 Å². The van der Waals surface area contributed by atoms with Gasteiger partial charge in [-0.15, -0.1) is 0 Å². The van der Waals surface area contributed by atoms with Gasteiger partial charge in [0.2, 0.25) is 0 Å². The van der Waals surface area contributed by atoms with E-state index in [9.17, 15) is 14.7 Å². The molecule has 1 aliphatic heterocycles. The van der Waals surface area contributed by atoms with Gasteiger partial charge in [0.15, 0.2) is 0 Å². The van der Waals surface area contributed by atoms with E-state index in [1.807, 2.05) is 0 Å². The van der Waals surface area contributed by atoms with Crippen molar-refractivity contribution in [3.05, 3.63) is 18.0 Å². The SMILES string of the molecule is CC1(C(=O)O)CCCN(C(=O)c2cn[nH]c2)C1. The molecule has 1 aliphatic rings. The third-order valence-electron chi connectivity index (χ3n) is 3.25. The molecule has 2 N–H and O–H groups in total. The van der Waals surface area contributed by atoms with E-state index >= 15 is 0 Å². The van der Waals surface area contributed by atoms with Crippen LogP contribution in [0.15, 0.2) is 12.4 Å². The summed E-state index contributed by atoms with van der Waals surface area (Å²) in [6.07, 6.45) is 4.30. The first-order valence-corrected chi connectivity index (χ1v) is 5.54. The molecule has 2 heterocycles. The Morgan fingerprint density at radius 3 is 2.94 bits per heavy atom. The van der Waals surface area contributed by atoms with Crippen LogP contribution in [0.5, 0.6) is 0 Å². The molecule has 0 spiro atoms. The Morgan fingerprint density at radius 1 is 1.59 bits per heavy atom. The van der Waals surface area contributed by atoms with Gasteiger partial charge >= 0.3 is 5.97 Å². The summed E-state index contributed by atoms with van der Waals surface area (Å²) in [5.41, 5.74) is -0.364. The number of piperidine rings is 1. The summed E-state index contributed by atoms with van der Waals surface area (Å²) in [5, 5.41) is 15.5. The molecule has 0 radical (unpaired) electrons. The number of nitrogens with one attached hydrogen (secondary N) is 1. The van der Waals surface area contributed by atoms with Crippen molar-refractivity contribution in [1.29, 1.82) is 0 Å². The monoisotopic (exact) mass is 237 g/mol. The third-order valence-corrected chi connectivity index (χ3v) is 3.25. The molecule has 0 saturated carbocycles. The number of carbonyl (C=O) groups excluding carboxylic acids is 1. The van der Waals surface area contributed by atoms with Crippen LogP contribution in [-0.2, 0) is 4.79 Å². The van der Waals surface area contributed by atoms with Crippen molar-refractivity contribution in [3.63, 3.8) is 0 Å². The van der Waals surface area contributed by atoms with Crippen LogP contribution in [0.2, 0.25) is 0 Å². The lowest BCUT2D eigenvalue weighted by molar-refractivity contribution is -0.150. The number of carboxylic acid groups (broad SMARTS) is 1. The van der Waals surface area contributed by atoms with Crippen molar-refractivity contribution < 1.29 is 14.7 Å². The van der Waals surface area contributed by atoms with E-state index in [2.05, 4.69) is 10.2 Å². The lowest BCUT2D eigenvalue weighted by Gasteiger charge is -2.37. The number of nitrogens with zero attached hydrogens (tertiary/aromatic N) is 2. The first-order chi connectivity index (χ1) is 8.03. The van der Waals surface area contributed by atoms with Gasteiger partial charge in [0, 0.05) is 19.3 Å². The van der Waals surface area contributed by atoms with Crippen molar-refractivity contribution in [2.75, 3.05) is 13.1 Å². The molecule has 1 unspecified atom stereocenters. The number of aliphatic carboxylic acids is 1. The highest BCUT2D eigenvalue weighted by atomic mass is 16.4. The smallest absolute Gasteiger partial charge is 0.311 e. The standard InChI is InChI=1S/C11H15N3O3/c1-11(10(16)17)3-2-4-14(7-11)9(15)8-5-12-13-6-8/h5-6H,2-4,7H2,1H3,(H,12,13)(H,16,17). The Balaban J connectivity index is 2.13. The number of amides is 1. The van der Waals surface area contributed by atoms with E-state index in [-0.39, 0.29) is 12.5 Å². The maximum atomic E-state index is 12.0. The van der Waals surface area contributed by atoms with Gasteiger partial charge < -0.3 is 10.0 Å². The molecule has 1 amide bonds. The predicted molar refractivity (Wildman–Crippen MR) is 59.5 cm³/mol. The maximum Gasteiger partial charge on any atom is 0.311 e. The highest BCUT2D eigenvalue weighted by molar-refractivity contribution is 5.94. The van der Waals surface area contributed by atoms with Gasteiger partial charge in [0.25, 0.3) is 5.91 Å². The number of hydrogen-bond donors (Lipinski definition) is 2. The molecule has 92 valence electrons. The van der Waals surface area contributed by atoms with Gasteiger partial charge in [-0.05, 0) is 19.8 Å². The van der Waals surface area contributed by atoms with Crippen molar-refractivity contribution in [3.8, 4) is 0 Å². The molecule has 1 saturated heterocycles. The number of carboxylic acids is 1. The number of rotatable bonds is 2. The zero-order valence-electron chi connectivity index (χ0n) is 9.64. The first kappa shape index (κ1) is 11.6. The highest BCUT2D eigenvalue weighted by Gasteiger charge is 2.39. The summed E-state index contributed by atoms with van der Waals surface area (Å²) in [7, 11) is 0. The zero-order chi connectivity index (χ0) is 12.5. The van der Waals surface area contributed by atoms with Crippen LogP contribution < -0.4 is 0 Å². The molecular weight excluding hydrogens is 222 g/mol. The third kappa shape index (κ3) is 2.15.